The van der Waals surface area contributed by atoms with Crippen molar-refractivity contribution in [3.05, 3.63) is 35.4 Å². The predicted molar refractivity (Wildman–Crippen MR) is 76.6 cm³/mol. The third-order valence-corrected chi connectivity index (χ3v) is 3.28. The van der Waals surface area contributed by atoms with Crippen molar-refractivity contribution in [2.24, 2.45) is 0 Å². The molecule has 0 fully saturated rings. The molecule has 1 atom stereocenters. The van der Waals surface area contributed by atoms with E-state index in [-0.39, 0.29) is 12.6 Å². The minimum atomic E-state index is -0.811. The van der Waals surface area contributed by atoms with Crippen LogP contribution in [0.4, 0.5) is 8.78 Å². The summed E-state index contributed by atoms with van der Waals surface area (Å²) >= 11 is 0. The SMILES string of the molecule is CCCNC(CCN(C)CCO)c1cccc(F)c1F. The average molecular weight is 286 g/mol. The Morgan fingerprint density at radius 3 is 2.70 bits per heavy atom. The number of hydrogen-bond donors (Lipinski definition) is 2. The molecule has 0 aliphatic heterocycles. The zero-order valence-corrected chi connectivity index (χ0v) is 12.2. The van der Waals surface area contributed by atoms with Crippen LogP contribution in [0.15, 0.2) is 18.2 Å². The lowest BCUT2D eigenvalue weighted by molar-refractivity contribution is 0.214. The molecule has 0 aliphatic rings. The van der Waals surface area contributed by atoms with Crippen LogP contribution in [0.25, 0.3) is 0 Å². The molecule has 20 heavy (non-hydrogen) atoms. The minimum Gasteiger partial charge on any atom is -0.395 e. The van der Waals surface area contributed by atoms with E-state index in [2.05, 4.69) is 5.32 Å². The van der Waals surface area contributed by atoms with Gasteiger partial charge in [-0.05, 0) is 39.0 Å². The Morgan fingerprint density at radius 1 is 1.30 bits per heavy atom. The smallest absolute Gasteiger partial charge is 0.163 e. The summed E-state index contributed by atoms with van der Waals surface area (Å²) in [6.45, 7) is 4.16. The molecule has 0 aromatic heterocycles. The van der Waals surface area contributed by atoms with Gasteiger partial charge in [0.05, 0.1) is 6.61 Å². The summed E-state index contributed by atoms with van der Waals surface area (Å²) in [6.07, 6.45) is 1.59. The molecule has 0 radical (unpaired) electrons. The van der Waals surface area contributed by atoms with E-state index in [1.165, 1.54) is 6.07 Å². The number of hydrogen-bond acceptors (Lipinski definition) is 3. The van der Waals surface area contributed by atoms with E-state index in [1.807, 2.05) is 18.9 Å². The van der Waals surface area contributed by atoms with Crippen LogP contribution in [0.5, 0.6) is 0 Å². The molecular weight excluding hydrogens is 262 g/mol. The minimum absolute atomic E-state index is 0.0951. The van der Waals surface area contributed by atoms with Crippen molar-refractivity contribution >= 4 is 0 Å². The Bertz CT molecular complexity index is 401. The van der Waals surface area contributed by atoms with Gasteiger partial charge < -0.3 is 15.3 Å². The number of nitrogens with zero attached hydrogens (tertiary/aromatic N) is 1. The molecule has 1 unspecified atom stereocenters. The highest BCUT2D eigenvalue weighted by Gasteiger charge is 2.18. The van der Waals surface area contributed by atoms with Crippen LogP contribution in [0, 0.1) is 11.6 Å². The second-order valence-corrected chi connectivity index (χ2v) is 4.97. The van der Waals surface area contributed by atoms with Gasteiger partial charge in [-0.2, -0.15) is 0 Å². The highest BCUT2D eigenvalue weighted by atomic mass is 19.2. The molecule has 0 spiro atoms. The summed E-state index contributed by atoms with van der Waals surface area (Å²) in [5, 5.41) is 12.1. The van der Waals surface area contributed by atoms with Gasteiger partial charge in [0.1, 0.15) is 0 Å². The summed E-state index contributed by atoms with van der Waals surface area (Å²) in [5.41, 5.74) is 0.371. The maximum absolute atomic E-state index is 13.9. The van der Waals surface area contributed by atoms with Gasteiger partial charge in [0.2, 0.25) is 0 Å². The highest BCUT2D eigenvalue weighted by Crippen LogP contribution is 2.22. The molecule has 0 bridgehead atoms. The van der Waals surface area contributed by atoms with Crippen molar-refractivity contribution in [1.29, 1.82) is 0 Å². The molecule has 1 aromatic carbocycles. The van der Waals surface area contributed by atoms with E-state index < -0.39 is 11.6 Å². The number of aliphatic hydroxyl groups is 1. The molecule has 1 aromatic rings. The maximum atomic E-state index is 13.9. The van der Waals surface area contributed by atoms with E-state index in [0.29, 0.717) is 25.1 Å². The fourth-order valence-electron chi connectivity index (χ4n) is 2.11. The van der Waals surface area contributed by atoms with E-state index in [9.17, 15) is 8.78 Å². The van der Waals surface area contributed by atoms with Crippen molar-refractivity contribution in [3.63, 3.8) is 0 Å². The topological polar surface area (TPSA) is 35.5 Å². The van der Waals surface area contributed by atoms with Crippen LogP contribution in [0.1, 0.15) is 31.4 Å². The summed E-state index contributed by atoms with van der Waals surface area (Å²) in [5.74, 6) is -1.58. The summed E-state index contributed by atoms with van der Waals surface area (Å²) < 4.78 is 27.2. The molecule has 114 valence electrons. The molecule has 5 heteroatoms. The number of likely N-dealkylation sites (N-methyl/N-ethyl adjacent to an activating group) is 1. The lowest BCUT2D eigenvalue weighted by atomic mass is 10.0. The first-order valence-corrected chi connectivity index (χ1v) is 7.06. The molecule has 0 saturated carbocycles. The monoisotopic (exact) mass is 286 g/mol. The lowest BCUT2D eigenvalue weighted by Gasteiger charge is -2.23. The van der Waals surface area contributed by atoms with Crippen molar-refractivity contribution < 1.29 is 13.9 Å². The fraction of sp³-hybridized carbons (Fsp3) is 0.600. The fourth-order valence-corrected chi connectivity index (χ4v) is 2.11. The second-order valence-electron chi connectivity index (χ2n) is 4.97. The number of benzene rings is 1. The van der Waals surface area contributed by atoms with Crippen molar-refractivity contribution in [3.8, 4) is 0 Å². The first-order valence-electron chi connectivity index (χ1n) is 7.06. The van der Waals surface area contributed by atoms with Crippen LogP contribution >= 0.6 is 0 Å². The number of halogens is 2. The quantitative estimate of drug-likeness (QED) is 0.731. The third kappa shape index (κ3) is 5.15. The van der Waals surface area contributed by atoms with Gasteiger partial charge in [-0.3, -0.25) is 0 Å². The van der Waals surface area contributed by atoms with Crippen LogP contribution in [0.2, 0.25) is 0 Å². The van der Waals surface area contributed by atoms with Crippen molar-refractivity contribution in [1.82, 2.24) is 10.2 Å². The van der Waals surface area contributed by atoms with Crippen molar-refractivity contribution in [2.75, 3.05) is 33.3 Å². The first kappa shape index (κ1) is 17.0. The molecule has 0 heterocycles. The largest absolute Gasteiger partial charge is 0.395 e. The Labute approximate surface area is 119 Å². The Kier molecular flexibility index (Phi) is 7.65. The van der Waals surface area contributed by atoms with Crippen LogP contribution in [0.3, 0.4) is 0 Å². The average Bonchev–Trinajstić information content (AvgIpc) is 2.43. The molecule has 3 nitrogen and oxygen atoms in total. The van der Waals surface area contributed by atoms with Gasteiger partial charge in [0.15, 0.2) is 11.6 Å². The van der Waals surface area contributed by atoms with E-state index >= 15 is 0 Å². The standard InChI is InChI=1S/C15H24F2N2O/c1-3-8-18-14(7-9-19(2)10-11-20)12-5-4-6-13(16)15(12)17/h4-6,14,18,20H,3,7-11H2,1-2H3. The summed E-state index contributed by atoms with van der Waals surface area (Å²) in [6, 6.07) is 4.07. The van der Waals surface area contributed by atoms with Gasteiger partial charge >= 0.3 is 0 Å². The van der Waals surface area contributed by atoms with Gasteiger partial charge in [0.25, 0.3) is 0 Å². The zero-order valence-electron chi connectivity index (χ0n) is 12.2. The molecule has 0 amide bonds. The highest BCUT2D eigenvalue weighted by molar-refractivity contribution is 5.22. The number of rotatable bonds is 9. The Morgan fingerprint density at radius 2 is 2.05 bits per heavy atom. The third-order valence-electron chi connectivity index (χ3n) is 3.28. The van der Waals surface area contributed by atoms with Crippen molar-refractivity contribution in [2.45, 2.75) is 25.8 Å². The molecule has 1 rings (SSSR count). The molecule has 2 N–H and O–H groups in total. The lowest BCUT2D eigenvalue weighted by Crippen LogP contribution is -2.30. The van der Waals surface area contributed by atoms with Gasteiger partial charge in [-0.25, -0.2) is 8.78 Å². The Hall–Kier alpha value is -1.04. The normalized spacial score (nSPS) is 12.9. The van der Waals surface area contributed by atoms with E-state index in [0.717, 1.165) is 19.0 Å². The van der Waals surface area contributed by atoms with Gasteiger partial charge in [-0.15, -0.1) is 0 Å². The summed E-state index contributed by atoms with van der Waals surface area (Å²) in [7, 11) is 1.90. The summed E-state index contributed by atoms with van der Waals surface area (Å²) in [4.78, 5) is 1.97. The van der Waals surface area contributed by atoms with E-state index in [4.69, 9.17) is 5.11 Å². The van der Waals surface area contributed by atoms with Crippen LogP contribution in [-0.2, 0) is 0 Å². The van der Waals surface area contributed by atoms with Crippen LogP contribution in [-0.4, -0.2) is 43.3 Å². The second kappa shape index (κ2) is 9.00. The first-order chi connectivity index (χ1) is 9.60. The van der Waals surface area contributed by atoms with Gasteiger partial charge in [-0.1, -0.05) is 19.1 Å². The molecular formula is C15H24F2N2O. The maximum Gasteiger partial charge on any atom is 0.163 e. The van der Waals surface area contributed by atoms with Crippen LogP contribution < -0.4 is 5.32 Å². The Balaban J connectivity index is 2.75. The number of nitrogens with one attached hydrogen (secondary N) is 1. The predicted octanol–water partition coefficient (Wildman–Crippen LogP) is 2.32. The molecule has 0 aliphatic carbocycles. The molecule has 0 saturated heterocycles. The number of aliphatic hydroxyl groups excluding tert-OH is 1. The van der Waals surface area contributed by atoms with Gasteiger partial charge in [0, 0.05) is 18.2 Å². The zero-order chi connectivity index (χ0) is 15.0. The van der Waals surface area contributed by atoms with E-state index in [1.54, 1.807) is 6.07 Å².